The number of nitrogens with zero attached hydrogens (tertiary/aromatic N) is 1. The maximum Gasteiger partial charge on any atom is 0.0181 e. The summed E-state index contributed by atoms with van der Waals surface area (Å²) in [5, 5.41) is 3.40. The lowest BCUT2D eigenvalue weighted by atomic mass is 9.93. The van der Waals surface area contributed by atoms with Crippen molar-refractivity contribution in [1.29, 1.82) is 0 Å². The van der Waals surface area contributed by atoms with Crippen LogP contribution in [0.5, 0.6) is 0 Å². The first-order valence-corrected chi connectivity index (χ1v) is 6.17. The number of hydrogen-bond donors (Lipinski definition) is 1. The third kappa shape index (κ3) is 1.96. The molecule has 1 saturated heterocycles. The lowest BCUT2D eigenvalue weighted by Gasteiger charge is -2.43. The minimum Gasteiger partial charge on any atom is -0.317 e. The zero-order valence-corrected chi connectivity index (χ0v) is 9.68. The predicted molar refractivity (Wildman–Crippen MR) is 60.5 cm³/mol. The summed E-state index contributed by atoms with van der Waals surface area (Å²) in [5.41, 5.74) is 0.554. The summed E-state index contributed by atoms with van der Waals surface area (Å²) < 4.78 is 0. The topological polar surface area (TPSA) is 15.3 Å². The first-order valence-electron chi connectivity index (χ1n) is 6.17. The van der Waals surface area contributed by atoms with Gasteiger partial charge in [-0.05, 0) is 39.7 Å². The normalized spacial score (nSPS) is 29.6. The molecule has 0 aromatic rings. The van der Waals surface area contributed by atoms with Gasteiger partial charge in [-0.15, -0.1) is 0 Å². The molecule has 0 atom stereocenters. The van der Waals surface area contributed by atoms with E-state index in [9.17, 15) is 0 Å². The zero-order valence-electron chi connectivity index (χ0n) is 9.68. The molecule has 0 radical (unpaired) electrons. The van der Waals surface area contributed by atoms with E-state index in [1.165, 1.54) is 51.6 Å². The highest BCUT2D eigenvalue weighted by Gasteiger charge is 2.36. The van der Waals surface area contributed by atoms with Crippen molar-refractivity contribution in [3.05, 3.63) is 0 Å². The van der Waals surface area contributed by atoms with Crippen molar-refractivity contribution in [1.82, 2.24) is 10.2 Å². The van der Waals surface area contributed by atoms with Crippen molar-refractivity contribution in [3.8, 4) is 0 Å². The zero-order chi connectivity index (χ0) is 10.0. The van der Waals surface area contributed by atoms with E-state index in [4.69, 9.17) is 0 Å². The highest BCUT2D eigenvalue weighted by molar-refractivity contribution is 4.93. The summed E-state index contributed by atoms with van der Waals surface area (Å²) >= 11 is 0. The largest absolute Gasteiger partial charge is 0.317 e. The van der Waals surface area contributed by atoms with Crippen molar-refractivity contribution in [2.75, 3.05) is 20.1 Å². The lowest BCUT2D eigenvalue weighted by molar-refractivity contribution is 0.0754. The average Bonchev–Trinajstić information content (AvgIpc) is 2.67. The van der Waals surface area contributed by atoms with E-state index in [1.807, 2.05) is 0 Å². The fourth-order valence-electron chi connectivity index (χ4n) is 3.16. The lowest BCUT2D eigenvalue weighted by Crippen LogP contribution is -2.51. The Morgan fingerprint density at radius 1 is 1.14 bits per heavy atom. The number of likely N-dealkylation sites (tertiary alicyclic amines) is 1. The number of rotatable bonds is 2. The highest BCUT2D eigenvalue weighted by Crippen LogP contribution is 2.36. The SMILES string of the molecule is CNC1CCN(C2(C)CCCC2)CC1. The average molecular weight is 196 g/mol. The Balaban J connectivity index is 1.88. The van der Waals surface area contributed by atoms with Crippen LogP contribution in [-0.2, 0) is 0 Å². The Labute approximate surface area is 88.1 Å². The first-order chi connectivity index (χ1) is 6.74. The molecule has 0 amide bonds. The predicted octanol–water partition coefficient (Wildman–Crippen LogP) is 2.00. The van der Waals surface area contributed by atoms with E-state index >= 15 is 0 Å². The monoisotopic (exact) mass is 196 g/mol. The molecule has 0 aromatic carbocycles. The molecule has 0 bridgehead atoms. The molecule has 2 fully saturated rings. The molecule has 1 aliphatic heterocycles. The molecule has 2 heteroatoms. The molecule has 0 spiro atoms. The third-order valence-electron chi connectivity index (χ3n) is 4.35. The molecule has 2 nitrogen and oxygen atoms in total. The number of hydrogen-bond acceptors (Lipinski definition) is 2. The summed E-state index contributed by atoms with van der Waals surface area (Å²) in [6.07, 6.45) is 8.43. The van der Waals surface area contributed by atoms with Gasteiger partial charge in [0.25, 0.3) is 0 Å². The van der Waals surface area contributed by atoms with Crippen LogP contribution in [0.3, 0.4) is 0 Å². The standard InChI is InChI=1S/C12H24N2/c1-12(7-3-4-8-12)14-9-5-11(13-2)6-10-14/h11,13H,3-10H2,1-2H3. The van der Waals surface area contributed by atoms with Gasteiger partial charge in [0.05, 0.1) is 0 Å². The van der Waals surface area contributed by atoms with E-state index in [-0.39, 0.29) is 0 Å². The number of piperidine rings is 1. The van der Waals surface area contributed by atoms with E-state index < -0.39 is 0 Å². The van der Waals surface area contributed by atoms with Crippen molar-refractivity contribution < 1.29 is 0 Å². The molecule has 2 aliphatic rings. The maximum absolute atomic E-state index is 3.40. The summed E-state index contributed by atoms with van der Waals surface area (Å²) in [5.74, 6) is 0. The minimum atomic E-state index is 0.554. The Kier molecular flexibility index (Phi) is 3.13. The van der Waals surface area contributed by atoms with Gasteiger partial charge in [0.1, 0.15) is 0 Å². The van der Waals surface area contributed by atoms with Crippen molar-refractivity contribution in [2.24, 2.45) is 0 Å². The molecular formula is C12H24N2. The highest BCUT2D eigenvalue weighted by atomic mass is 15.2. The summed E-state index contributed by atoms with van der Waals surface area (Å²) in [4.78, 5) is 2.74. The van der Waals surface area contributed by atoms with Gasteiger partial charge >= 0.3 is 0 Å². The van der Waals surface area contributed by atoms with Crippen molar-refractivity contribution >= 4 is 0 Å². The summed E-state index contributed by atoms with van der Waals surface area (Å²) in [6.45, 7) is 5.09. The van der Waals surface area contributed by atoms with E-state index in [0.29, 0.717) is 5.54 Å². The van der Waals surface area contributed by atoms with Crippen LogP contribution in [0.25, 0.3) is 0 Å². The smallest absolute Gasteiger partial charge is 0.0181 e. The van der Waals surface area contributed by atoms with E-state index in [0.717, 1.165) is 6.04 Å². The van der Waals surface area contributed by atoms with Crippen LogP contribution >= 0.6 is 0 Å². The quantitative estimate of drug-likeness (QED) is 0.727. The van der Waals surface area contributed by atoms with Crippen LogP contribution in [0.1, 0.15) is 45.4 Å². The molecule has 0 unspecified atom stereocenters. The molecular weight excluding hydrogens is 172 g/mol. The Hall–Kier alpha value is -0.0800. The molecule has 1 aliphatic carbocycles. The minimum absolute atomic E-state index is 0.554. The van der Waals surface area contributed by atoms with Crippen LogP contribution < -0.4 is 5.32 Å². The van der Waals surface area contributed by atoms with Crippen LogP contribution in [0.4, 0.5) is 0 Å². The van der Waals surface area contributed by atoms with E-state index in [1.54, 1.807) is 0 Å². The van der Waals surface area contributed by atoms with Crippen LogP contribution in [0.2, 0.25) is 0 Å². The van der Waals surface area contributed by atoms with Gasteiger partial charge in [0, 0.05) is 24.7 Å². The van der Waals surface area contributed by atoms with Crippen molar-refractivity contribution in [3.63, 3.8) is 0 Å². The fraction of sp³-hybridized carbons (Fsp3) is 1.00. The maximum atomic E-state index is 3.40. The molecule has 1 saturated carbocycles. The second-order valence-electron chi connectivity index (χ2n) is 5.25. The van der Waals surface area contributed by atoms with Gasteiger partial charge in [-0.3, -0.25) is 4.90 Å². The molecule has 1 heterocycles. The summed E-state index contributed by atoms with van der Waals surface area (Å²) in [7, 11) is 2.09. The number of nitrogens with one attached hydrogen (secondary N) is 1. The molecule has 1 N–H and O–H groups in total. The van der Waals surface area contributed by atoms with Gasteiger partial charge in [-0.25, -0.2) is 0 Å². The Morgan fingerprint density at radius 3 is 2.21 bits per heavy atom. The van der Waals surface area contributed by atoms with Crippen LogP contribution in [0, 0.1) is 0 Å². The van der Waals surface area contributed by atoms with Crippen LogP contribution in [-0.4, -0.2) is 36.6 Å². The second kappa shape index (κ2) is 4.19. The molecule has 14 heavy (non-hydrogen) atoms. The van der Waals surface area contributed by atoms with Crippen LogP contribution in [0.15, 0.2) is 0 Å². The molecule has 0 aromatic heterocycles. The van der Waals surface area contributed by atoms with Gasteiger partial charge in [-0.1, -0.05) is 12.8 Å². The van der Waals surface area contributed by atoms with Gasteiger partial charge in [0.15, 0.2) is 0 Å². The van der Waals surface area contributed by atoms with Crippen molar-refractivity contribution in [2.45, 2.75) is 57.0 Å². The second-order valence-corrected chi connectivity index (χ2v) is 5.25. The third-order valence-corrected chi connectivity index (χ3v) is 4.35. The Bertz CT molecular complexity index is 177. The molecule has 82 valence electrons. The fourth-order valence-corrected chi connectivity index (χ4v) is 3.16. The van der Waals surface area contributed by atoms with E-state index in [2.05, 4.69) is 24.2 Å². The van der Waals surface area contributed by atoms with Gasteiger partial charge in [-0.2, -0.15) is 0 Å². The summed E-state index contributed by atoms with van der Waals surface area (Å²) in [6, 6.07) is 0.774. The molecule has 2 rings (SSSR count). The Morgan fingerprint density at radius 2 is 1.71 bits per heavy atom. The first kappa shape index (κ1) is 10.4. The van der Waals surface area contributed by atoms with Gasteiger partial charge in [0.2, 0.25) is 0 Å². The van der Waals surface area contributed by atoms with Gasteiger partial charge < -0.3 is 5.32 Å².